The maximum absolute atomic E-state index is 11.8. The lowest BCUT2D eigenvalue weighted by Gasteiger charge is -2.00. The van der Waals surface area contributed by atoms with Crippen LogP contribution >= 0.6 is 0 Å². The van der Waals surface area contributed by atoms with Gasteiger partial charge in [0, 0.05) is 23.8 Å². The number of hydrogen-bond acceptors (Lipinski definition) is 1. The van der Waals surface area contributed by atoms with Crippen LogP contribution in [0.3, 0.4) is 0 Å². The number of pyridine rings is 1. The zero-order chi connectivity index (χ0) is 10.1. The first-order valence-corrected chi connectivity index (χ1v) is 4.52. The van der Waals surface area contributed by atoms with Crippen molar-refractivity contribution in [1.29, 1.82) is 0 Å². The van der Waals surface area contributed by atoms with Gasteiger partial charge in [-0.3, -0.25) is 4.79 Å². The number of nitrogens with one attached hydrogen (secondary N) is 1. The average molecular weight is 188 g/mol. The van der Waals surface area contributed by atoms with Crippen LogP contribution in [0.25, 0.3) is 10.9 Å². The third-order valence-corrected chi connectivity index (χ3v) is 2.22. The summed E-state index contributed by atoms with van der Waals surface area (Å²) in [7, 11) is 0. The van der Waals surface area contributed by atoms with Crippen molar-refractivity contribution in [3.63, 3.8) is 0 Å². The van der Waals surface area contributed by atoms with E-state index in [1.807, 2.05) is 19.1 Å². The molecule has 3 nitrogen and oxygen atoms in total. The van der Waals surface area contributed by atoms with E-state index >= 15 is 0 Å². The van der Waals surface area contributed by atoms with Crippen molar-refractivity contribution in [2.45, 2.75) is 13.5 Å². The molecule has 0 aliphatic heterocycles. The first kappa shape index (κ1) is 8.81. The molecule has 0 atom stereocenters. The molecule has 2 heterocycles. The van der Waals surface area contributed by atoms with Crippen molar-refractivity contribution in [2.75, 3.05) is 0 Å². The summed E-state index contributed by atoms with van der Waals surface area (Å²) in [4.78, 5) is 14.9. The van der Waals surface area contributed by atoms with Crippen molar-refractivity contribution < 1.29 is 0 Å². The third-order valence-electron chi connectivity index (χ3n) is 2.22. The molecule has 0 saturated heterocycles. The van der Waals surface area contributed by atoms with Gasteiger partial charge in [-0.15, -0.1) is 6.58 Å². The van der Waals surface area contributed by atoms with E-state index in [0.717, 1.165) is 11.1 Å². The number of H-pyrrole nitrogens is 1. The van der Waals surface area contributed by atoms with Crippen molar-refractivity contribution in [2.24, 2.45) is 0 Å². The molecule has 1 N–H and O–H groups in total. The summed E-state index contributed by atoms with van der Waals surface area (Å²) in [6.07, 6.45) is 3.50. The van der Waals surface area contributed by atoms with E-state index in [1.165, 1.54) is 0 Å². The maximum Gasteiger partial charge on any atom is 0.275 e. The first-order valence-electron chi connectivity index (χ1n) is 4.52. The molecule has 0 fully saturated rings. The topological polar surface area (TPSA) is 37.8 Å². The van der Waals surface area contributed by atoms with Gasteiger partial charge in [0.1, 0.15) is 5.52 Å². The second-order valence-corrected chi connectivity index (χ2v) is 3.34. The predicted octanol–water partition coefficient (Wildman–Crippen LogP) is 1.82. The Labute approximate surface area is 81.7 Å². The number of allylic oxidation sites excluding steroid dienone is 1. The minimum atomic E-state index is 0.00972. The summed E-state index contributed by atoms with van der Waals surface area (Å²) in [5.41, 5.74) is 1.69. The van der Waals surface area contributed by atoms with Gasteiger partial charge in [0.2, 0.25) is 0 Å². The lowest BCUT2D eigenvalue weighted by atomic mass is 10.3. The summed E-state index contributed by atoms with van der Waals surface area (Å²) >= 11 is 0. The van der Waals surface area contributed by atoms with Gasteiger partial charge in [-0.05, 0) is 19.1 Å². The summed E-state index contributed by atoms with van der Waals surface area (Å²) in [6.45, 7) is 6.10. The highest BCUT2D eigenvalue weighted by Crippen LogP contribution is 2.09. The normalized spacial score (nSPS) is 10.6. The molecule has 0 bridgehead atoms. The molecule has 2 rings (SSSR count). The molecular weight excluding hydrogens is 176 g/mol. The fourth-order valence-corrected chi connectivity index (χ4v) is 1.58. The minimum absolute atomic E-state index is 0.00972. The highest BCUT2D eigenvalue weighted by atomic mass is 16.1. The van der Waals surface area contributed by atoms with Crippen LogP contribution in [0.4, 0.5) is 0 Å². The van der Waals surface area contributed by atoms with Gasteiger partial charge in [0.05, 0.1) is 0 Å². The molecule has 0 unspecified atom stereocenters. The quantitative estimate of drug-likeness (QED) is 0.717. The number of rotatable bonds is 2. The van der Waals surface area contributed by atoms with Crippen LogP contribution < -0.4 is 5.56 Å². The van der Waals surface area contributed by atoms with Gasteiger partial charge < -0.3 is 9.55 Å². The van der Waals surface area contributed by atoms with E-state index in [0.29, 0.717) is 12.1 Å². The Hall–Kier alpha value is -1.77. The molecule has 3 heteroatoms. The molecule has 0 aliphatic rings. The van der Waals surface area contributed by atoms with Crippen LogP contribution in [0.1, 0.15) is 5.69 Å². The van der Waals surface area contributed by atoms with E-state index in [4.69, 9.17) is 0 Å². The molecule has 0 aromatic carbocycles. The van der Waals surface area contributed by atoms with Crippen LogP contribution in [-0.2, 0) is 6.54 Å². The molecule has 0 radical (unpaired) electrons. The maximum atomic E-state index is 11.8. The average Bonchev–Trinajstić information content (AvgIpc) is 2.52. The molecule has 14 heavy (non-hydrogen) atoms. The van der Waals surface area contributed by atoms with E-state index in [9.17, 15) is 4.79 Å². The monoisotopic (exact) mass is 188 g/mol. The van der Waals surface area contributed by atoms with Crippen LogP contribution in [0.5, 0.6) is 0 Å². The van der Waals surface area contributed by atoms with Gasteiger partial charge in [0.15, 0.2) is 0 Å². The summed E-state index contributed by atoms with van der Waals surface area (Å²) < 4.78 is 1.63. The number of fused-ring (bicyclic) bond motifs is 1. The first-order chi connectivity index (χ1) is 6.72. The van der Waals surface area contributed by atoms with Crippen LogP contribution in [-0.4, -0.2) is 9.55 Å². The van der Waals surface area contributed by atoms with Crippen molar-refractivity contribution in [1.82, 2.24) is 9.55 Å². The largest absolute Gasteiger partial charge is 0.354 e. The van der Waals surface area contributed by atoms with E-state index in [2.05, 4.69) is 11.6 Å². The molecule has 0 aliphatic carbocycles. The Morgan fingerprint density at radius 2 is 2.43 bits per heavy atom. The number of nitrogens with zero attached hydrogens (tertiary/aromatic N) is 1. The summed E-state index contributed by atoms with van der Waals surface area (Å²) in [5.74, 6) is 0. The molecular formula is C11H12N2O. The molecule has 0 spiro atoms. The van der Waals surface area contributed by atoms with Crippen molar-refractivity contribution >= 4 is 10.9 Å². The number of hydrogen-bond donors (Lipinski definition) is 1. The van der Waals surface area contributed by atoms with Crippen LogP contribution in [0, 0.1) is 6.92 Å². The van der Waals surface area contributed by atoms with Gasteiger partial charge in [0.25, 0.3) is 5.56 Å². The Kier molecular flexibility index (Phi) is 2.00. The highest BCUT2D eigenvalue weighted by Gasteiger charge is 2.03. The number of aryl methyl sites for hydroxylation is 1. The molecule has 72 valence electrons. The van der Waals surface area contributed by atoms with Gasteiger partial charge in [-0.1, -0.05) is 6.08 Å². The zero-order valence-electron chi connectivity index (χ0n) is 8.08. The number of aromatic nitrogens is 2. The molecule has 0 saturated carbocycles. The standard InChI is InChI=1S/C11H12N2O/c1-3-5-13-6-4-9-7-8(2)12-10(9)11(13)14/h3-4,6-7,12H,1,5H2,2H3. The van der Waals surface area contributed by atoms with Crippen LogP contribution in [0.15, 0.2) is 35.8 Å². The van der Waals surface area contributed by atoms with E-state index in [-0.39, 0.29) is 5.56 Å². The molecule has 2 aromatic heterocycles. The fourth-order valence-electron chi connectivity index (χ4n) is 1.58. The Morgan fingerprint density at radius 1 is 1.64 bits per heavy atom. The fraction of sp³-hybridized carbons (Fsp3) is 0.182. The molecule has 0 amide bonds. The number of aromatic amines is 1. The smallest absolute Gasteiger partial charge is 0.275 e. The van der Waals surface area contributed by atoms with E-state index in [1.54, 1.807) is 16.8 Å². The lowest BCUT2D eigenvalue weighted by Crippen LogP contribution is -2.18. The summed E-state index contributed by atoms with van der Waals surface area (Å²) in [5, 5.41) is 0.966. The van der Waals surface area contributed by atoms with Gasteiger partial charge >= 0.3 is 0 Å². The van der Waals surface area contributed by atoms with Gasteiger partial charge in [-0.2, -0.15) is 0 Å². The third kappa shape index (κ3) is 1.27. The van der Waals surface area contributed by atoms with Crippen molar-refractivity contribution in [3.05, 3.63) is 47.0 Å². The Bertz CT molecular complexity index is 534. The van der Waals surface area contributed by atoms with Crippen molar-refractivity contribution in [3.8, 4) is 0 Å². The predicted molar refractivity (Wildman–Crippen MR) is 57.5 cm³/mol. The second kappa shape index (κ2) is 3.18. The Balaban J connectivity index is 2.74. The zero-order valence-corrected chi connectivity index (χ0v) is 8.08. The second-order valence-electron chi connectivity index (χ2n) is 3.34. The lowest BCUT2D eigenvalue weighted by molar-refractivity contribution is 0.788. The highest BCUT2D eigenvalue weighted by molar-refractivity contribution is 5.79. The minimum Gasteiger partial charge on any atom is -0.354 e. The SMILES string of the molecule is C=CCn1ccc2cc(C)[nH]c2c1=O. The summed E-state index contributed by atoms with van der Waals surface area (Å²) in [6, 6.07) is 3.90. The Morgan fingerprint density at radius 3 is 3.14 bits per heavy atom. The van der Waals surface area contributed by atoms with Gasteiger partial charge in [-0.25, -0.2) is 0 Å². The molecule has 2 aromatic rings. The van der Waals surface area contributed by atoms with Crippen LogP contribution in [0.2, 0.25) is 0 Å². The van der Waals surface area contributed by atoms with E-state index < -0.39 is 0 Å².